The van der Waals surface area contributed by atoms with Crippen molar-refractivity contribution in [3.05, 3.63) is 82.4 Å². The molecule has 5 heteroatoms. The van der Waals surface area contributed by atoms with Gasteiger partial charge in [0.25, 0.3) is 0 Å². The normalized spacial score (nSPS) is 19.7. The Morgan fingerprint density at radius 3 is 2.28 bits per heavy atom. The molecule has 1 atom stereocenters. The molecule has 29 heavy (non-hydrogen) atoms. The Bertz CT molecular complexity index is 1000. The fourth-order valence-corrected chi connectivity index (χ4v) is 4.74. The highest BCUT2D eigenvalue weighted by molar-refractivity contribution is 7.71. The highest BCUT2D eigenvalue weighted by Gasteiger charge is 2.31. The van der Waals surface area contributed by atoms with Gasteiger partial charge in [0.1, 0.15) is 5.82 Å². The SMILES string of the molecule is S=c1n(CN2CCCC2Cc2ccccc2)nc(C2CC2)n1Cc1ccccc1. The second-order valence-electron chi connectivity index (χ2n) is 8.43. The van der Waals surface area contributed by atoms with Crippen molar-refractivity contribution in [2.24, 2.45) is 0 Å². The van der Waals surface area contributed by atoms with Crippen LogP contribution in [0.25, 0.3) is 0 Å². The molecule has 2 fully saturated rings. The van der Waals surface area contributed by atoms with Crippen LogP contribution in [0.2, 0.25) is 0 Å². The molecule has 1 aliphatic carbocycles. The third-order valence-electron chi connectivity index (χ3n) is 6.21. The number of rotatable bonds is 7. The zero-order chi connectivity index (χ0) is 19.6. The third kappa shape index (κ3) is 4.21. The lowest BCUT2D eigenvalue weighted by Crippen LogP contribution is -2.33. The summed E-state index contributed by atoms with van der Waals surface area (Å²) in [5.41, 5.74) is 2.70. The standard InChI is InChI=1S/C24H28N4S/c29-24-27(17-20-10-5-2-6-11-20)23(21-13-14-21)25-28(24)18-26-15-7-12-22(26)16-19-8-3-1-4-9-19/h1-6,8-11,21-22H,7,12-18H2. The molecule has 0 amide bonds. The first-order valence-corrected chi connectivity index (χ1v) is 11.2. The van der Waals surface area contributed by atoms with Crippen LogP contribution in [0.4, 0.5) is 0 Å². The average molecular weight is 405 g/mol. The van der Waals surface area contributed by atoms with E-state index >= 15 is 0 Å². The van der Waals surface area contributed by atoms with Gasteiger partial charge >= 0.3 is 0 Å². The van der Waals surface area contributed by atoms with Crippen LogP contribution in [0.3, 0.4) is 0 Å². The van der Waals surface area contributed by atoms with Gasteiger partial charge in [-0.2, -0.15) is 5.10 Å². The number of nitrogens with zero attached hydrogens (tertiary/aromatic N) is 4. The third-order valence-corrected chi connectivity index (χ3v) is 6.64. The molecule has 3 aromatic rings. The molecule has 0 spiro atoms. The highest BCUT2D eigenvalue weighted by Crippen LogP contribution is 2.39. The van der Waals surface area contributed by atoms with Crippen LogP contribution in [-0.2, 0) is 19.6 Å². The number of hydrogen-bond acceptors (Lipinski definition) is 3. The van der Waals surface area contributed by atoms with Gasteiger partial charge in [0.2, 0.25) is 0 Å². The lowest BCUT2D eigenvalue weighted by Gasteiger charge is -2.24. The van der Waals surface area contributed by atoms with Gasteiger partial charge in [-0.15, -0.1) is 0 Å². The summed E-state index contributed by atoms with van der Waals surface area (Å²) < 4.78 is 5.21. The summed E-state index contributed by atoms with van der Waals surface area (Å²) in [7, 11) is 0. The van der Waals surface area contributed by atoms with Crippen molar-refractivity contribution in [3.8, 4) is 0 Å². The Morgan fingerprint density at radius 1 is 0.897 bits per heavy atom. The van der Waals surface area contributed by atoms with Crippen LogP contribution in [0.1, 0.15) is 48.6 Å². The van der Waals surface area contributed by atoms with Gasteiger partial charge in [-0.05, 0) is 55.4 Å². The van der Waals surface area contributed by atoms with Gasteiger partial charge in [0.05, 0.1) is 13.2 Å². The fraction of sp³-hybridized carbons (Fsp3) is 0.417. The van der Waals surface area contributed by atoms with Crippen molar-refractivity contribution < 1.29 is 0 Å². The minimum atomic E-state index is 0.572. The summed E-state index contributed by atoms with van der Waals surface area (Å²) in [5, 5.41) is 5.01. The van der Waals surface area contributed by atoms with Crippen molar-refractivity contribution in [2.75, 3.05) is 6.54 Å². The Morgan fingerprint density at radius 2 is 1.59 bits per heavy atom. The van der Waals surface area contributed by atoms with E-state index in [1.807, 2.05) is 0 Å². The van der Waals surface area contributed by atoms with E-state index in [4.69, 9.17) is 17.3 Å². The first-order chi connectivity index (χ1) is 14.3. The largest absolute Gasteiger partial charge is 0.299 e. The molecular formula is C24H28N4S. The molecule has 4 nitrogen and oxygen atoms in total. The Balaban J connectivity index is 1.37. The number of likely N-dealkylation sites (tertiary alicyclic amines) is 1. The molecule has 0 bridgehead atoms. The van der Waals surface area contributed by atoms with Gasteiger partial charge in [-0.25, -0.2) is 4.68 Å². The highest BCUT2D eigenvalue weighted by atomic mass is 32.1. The number of hydrogen-bond donors (Lipinski definition) is 0. The Labute approximate surface area is 177 Å². The van der Waals surface area contributed by atoms with Crippen LogP contribution in [0.5, 0.6) is 0 Å². The van der Waals surface area contributed by atoms with Gasteiger partial charge in [0.15, 0.2) is 4.77 Å². The lowest BCUT2D eigenvalue weighted by atomic mass is 10.0. The second-order valence-corrected chi connectivity index (χ2v) is 8.79. The smallest absolute Gasteiger partial charge is 0.199 e. The maximum absolute atomic E-state index is 5.90. The molecule has 1 saturated heterocycles. The first kappa shape index (κ1) is 18.8. The number of aromatic nitrogens is 3. The van der Waals surface area contributed by atoms with E-state index in [1.165, 1.54) is 42.6 Å². The van der Waals surface area contributed by atoms with Gasteiger partial charge in [-0.3, -0.25) is 9.47 Å². The second kappa shape index (κ2) is 8.25. The van der Waals surface area contributed by atoms with E-state index < -0.39 is 0 Å². The summed E-state index contributed by atoms with van der Waals surface area (Å²) in [6, 6.07) is 22.0. The van der Waals surface area contributed by atoms with E-state index in [2.05, 4.69) is 74.8 Å². The topological polar surface area (TPSA) is 26.0 Å². The lowest BCUT2D eigenvalue weighted by molar-refractivity contribution is 0.187. The molecule has 0 radical (unpaired) electrons. The van der Waals surface area contributed by atoms with Crippen LogP contribution in [0, 0.1) is 4.77 Å². The van der Waals surface area contributed by atoms with Crippen molar-refractivity contribution in [3.63, 3.8) is 0 Å². The Kier molecular flexibility index (Phi) is 5.34. The van der Waals surface area contributed by atoms with E-state index in [-0.39, 0.29) is 0 Å². The fourth-order valence-electron chi connectivity index (χ4n) is 4.48. The van der Waals surface area contributed by atoms with E-state index in [9.17, 15) is 0 Å². The number of benzene rings is 2. The molecule has 0 N–H and O–H groups in total. The molecule has 1 saturated carbocycles. The molecule has 1 aliphatic heterocycles. The molecular weight excluding hydrogens is 376 g/mol. The Hall–Kier alpha value is -2.24. The monoisotopic (exact) mass is 404 g/mol. The molecule has 2 aliphatic rings. The van der Waals surface area contributed by atoms with Crippen molar-refractivity contribution in [1.29, 1.82) is 0 Å². The molecule has 2 heterocycles. The van der Waals surface area contributed by atoms with Crippen molar-refractivity contribution >= 4 is 12.2 Å². The summed E-state index contributed by atoms with van der Waals surface area (Å²) in [6.45, 7) is 2.75. The zero-order valence-electron chi connectivity index (χ0n) is 16.8. The maximum Gasteiger partial charge on any atom is 0.199 e. The van der Waals surface area contributed by atoms with Crippen molar-refractivity contribution in [2.45, 2.75) is 57.3 Å². The van der Waals surface area contributed by atoms with Gasteiger partial charge < -0.3 is 0 Å². The van der Waals surface area contributed by atoms with E-state index in [1.54, 1.807) is 0 Å². The minimum absolute atomic E-state index is 0.572. The predicted octanol–water partition coefficient (Wildman–Crippen LogP) is 5.00. The van der Waals surface area contributed by atoms with Crippen molar-refractivity contribution in [1.82, 2.24) is 19.2 Å². The first-order valence-electron chi connectivity index (χ1n) is 10.8. The zero-order valence-corrected chi connectivity index (χ0v) is 17.6. The summed E-state index contributed by atoms with van der Waals surface area (Å²) in [4.78, 5) is 2.57. The van der Waals surface area contributed by atoms with Crippen LogP contribution < -0.4 is 0 Å². The van der Waals surface area contributed by atoms with Crippen LogP contribution in [-0.4, -0.2) is 31.8 Å². The van der Waals surface area contributed by atoms with Crippen LogP contribution in [0.15, 0.2) is 60.7 Å². The maximum atomic E-state index is 5.90. The minimum Gasteiger partial charge on any atom is -0.299 e. The molecule has 2 aromatic carbocycles. The summed E-state index contributed by atoms with van der Waals surface area (Å²) >= 11 is 5.90. The quantitative estimate of drug-likeness (QED) is 0.518. The van der Waals surface area contributed by atoms with E-state index in [0.29, 0.717) is 12.0 Å². The molecule has 1 unspecified atom stereocenters. The average Bonchev–Trinajstić information content (AvgIpc) is 3.44. The summed E-state index contributed by atoms with van der Waals surface area (Å²) in [5.74, 6) is 1.76. The summed E-state index contributed by atoms with van der Waals surface area (Å²) in [6.07, 6.45) is 6.09. The van der Waals surface area contributed by atoms with Gasteiger partial charge in [-0.1, -0.05) is 60.7 Å². The van der Waals surface area contributed by atoms with Gasteiger partial charge in [0, 0.05) is 18.5 Å². The molecule has 5 rings (SSSR count). The molecule has 1 aromatic heterocycles. The van der Waals surface area contributed by atoms with Crippen LogP contribution >= 0.6 is 12.2 Å². The molecule has 150 valence electrons. The van der Waals surface area contributed by atoms with E-state index in [0.717, 1.165) is 31.0 Å². The predicted molar refractivity (Wildman–Crippen MR) is 118 cm³/mol.